The first-order chi connectivity index (χ1) is 6.82. The SMILES string of the molecule is C=C(C)CN(C)C(=O)CC(C)CC(=O)O. The summed E-state index contributed by atoms with van der Waals surface area (Å²) in [6.07, 6.45) is 0.308. The molecule has 1 unspecified atom stereocenters. The highest BCUT2D eigenvalue weighted by Crippen LogP contribution is 2.09. The highest BCUT2D eigenvalue weighted by Gasteiger charge is 2.15. The van der Waals surface area contributed by atoms with Crippen LogP contribution >= 0.6 is 0 Å². The molecule has 1 atom stereocenters. The number of aliphatic carboxylic acids is 1. The molecule has 15 heavy (non-hydrogen) atoms. The van der Waals surface area contributed by atoms with Gasteiger partial charge in [0, 0.05) is 26.4 Å². The molecule has 0 bridgehead atoms. The number of carbonyl (C=O) groups is 2. The number of hydrogen-bond acceptors (Lipinski definition) is 2. The summed E-state index contributed by atoms with van der Waals surface area (Å²) in [5, 5.41) is 8.54. The highest BCUT2D eigenvalue weighted by atomic mass is 16.4. The normalized spacial score (nSPS) is 11.9. The van der Waals surface area contributed by atoms with Gasteiger partial charge in [-0.3, -0.25) is 9.59 Å². The average Bonchev–Trinajstić information content (AvgIpc) is 2.00. The standard InChI is InChI=1S/C11H19NO3/c1-8(2)7-12(4)10(13)5-9(3)6-11(14)15/h9H,1,5-7H2,2-4H3,(H,14,15). The second-order valence-electron chi connectivity index (χ2n) is 4.11. The summed E-state index contributed by atoms with van der Waals surface area (Å²) in [5.74, 6) is -1.02. The second-order valence-corrected chi connectivity index (χ2v) is 4.11. The maximum atomic E-state index is 11.6. The first-order valence-electron chi connectivity index (χ1n) is 4.93. The number of amides is 1. The van der Waals surface area contributed by atoms with Crippen molar-refractivity contribution in [3.05, 3.63) is 12.2 Å². The summed E-state index contributed by atoms with van der Waals surface area (Å²) in [4.78, 5) is 23.5. The first-order valence-corrected chi connectivity index (χ1v) is 4.93. The van der Waals surface area contributed by atoms with Crippen LogP contribution in [0.5, 0.6) is 0 Å². The van der Waals surface area contributed by atoms with Crippen LogP contribution in [-0.4, -0.2) is 35.5 Å². The molecule has 0 aromatic heterocycles. The molecule has 0 aromatic rings. The Kier molecular flexibility index (Phi) is 5.67. The van der Waals surface area contributed by atoms with Crippen LogP contribution in [0.2, 0.25) is 0 Å². The Hall–Kier alpha value is -1.32. The van der Waals surface area contributed by atoms with Gasteiger partial charge in [0.05, 0.1) is 0 Å². The Morgan fingerprint density at radius 2 is 1.93 bits per heavy atom. The van der Waals surface area contributed by atoms with Crippen LogP contribution in [0.4, 0.5) is 0 Å². The van der Waals surface area contributed by atoms with Gasteiger partial charge in [0.25, 0.3) is 0 Å². The molecular weight excluding hydrogens is 194 g/mol. The third-order valence-corrected chi connectivity index (χ3v) is 1.98. The fourth-order valence-corrected chi connectivity index (χ4v) is 1.32. The molecule has 1 amide bonds. The van der Waals surface area contributed by atoms with E-state index >= 15 is 0 Å². The Bertz CT molecular complexity index is 261. The molecule has 0 aliphatic rings. The van der Waals surface area contributed by atoms with Crippen molar-refractivity contribution in [2.45, 2.75) is 26.7 Å². The summed E-state index contributed by atoms with van der Waals surface area (Å²) in [6, 6.07) is 0. The third kappa shape index (κ3) is 6.71. The van der Waals surface area contributed by atoms with E-state index in [1.165, 1.54) is 0 Å². The lowest BCUT2D eigenvalue weighted by molar-refractivity contribution is -0.138. The van der Waals surface area contributed by atoms with Crippen LogP contribution in [0.15, 0.2) is 12.2 Å². The molecule has 0 saturated carbocycles. The molecule has 0 radical (unpaired) electrons. The van der Waals surface area contributed by atoms with E-state index in [2.05, 4.69) is 6.58 Å². The number of hydrogen-bond donors (Lipinski definition) is 1. The largest absolute Gasteiger partial charge is 0.481 e. The zero-order chi connectivity index (χ0) is 12.0. The summed E-state index contributed by atoms with van der Waals surface area (Å²) in [6.45, 7) is 7.86. The Morgan fingerprint density at radius 3 is 2.33 bits per heavy atom. The van der Waals surface area contributed by atoms with Crippen molar-refractivity contribution >= 4 is 11.9 Å². The molecule has 0 aliphatic carbocycles. The fraction of sp³-hybridized carbons (Fsp3) is 0.636. The van der Waals surface area contributed by atoms with E-state index in [9.17, 15) is 9.59 Å². The number of carbonyl (C=O) groups excluding carboxylic acids is 1. The molecule has 4 heteroatoms. The minimum Gasteiger partial charge on any atom is -0.481 e. The molecule has 0 spiro atoms. The molecule has 86 valence electrons. The third-order valence-electron chi connectivity index (χ3n) is 1.98. The quantitative estimate of drug-likeness (QED) is 0.680. The van der Waals surface area contributed by atoms with E-state index in [0.717, 1.165) is 5.57 Å². The monoisotopic (exact) mass is 213 g/mol. The smallest absolute Gasteiger partial charge is 0.303 e. The number of rotatable bonds is 6. The van der Waals surface area contributed by atoms with Crippen LogP contribution in [0, 0.1) is 5.92 Å². The van der Waals surface area contributed by atoms with Crippen molar-refractivity contribution in [1.82, 2.24) is 4.90 Å². The van der Waals surface area contributed by atoms with Crippen LogP contribution < -0.4 is 0 Å². The molecule has 0 rings (SSSR count). The number of carboxylic acid groups (broad SMARTS) is 1. The Balaban J connectivity index is 4.01. The van der Waals surface area contributed by atoms with Crippen molar-refractivity contribution in [1.29, 1.82) is 0 Å². The van der Waals surface area contributed by atoms with Crippen molar-refractivity contribution in [2.75, 3.05) is 13.6 Å². The topological polar surface area (TPSA) is 57.6 Å². The molecule has 0 aliphatic heterocycles. The molecule has 0 saturated heterocycles. The zero-order valence-electron chi connectivity index (χ0n) is 9.62. The lowest BCUT2D eigenvalue weighted by Gasteiger charge is -2.18. The minimum absolute atomic E-state index is 0.0344. The van der Waals surface area contributed by atoms with E-state index in [4.69, 9.17) is 5.11 Å². The van der Waals surface area contributed by atoms with Gasteiger partial charge >= 0.3 is 5.97 Å². The summed E-state index contributed by atoms with van der Waals surface area (Å²) in [5.41, 5.74) is 0.914. The first kappa shape index (κ1) is 13.7. The summed E-state index contributed by atoms with van der Waals surface area (Å²) in [7, 11) is 1.70. The maximum Gasteiger partial charge on any atom is 0.303 e. The highest BCUT2D eigenvalue weighted by molar-refractivity contribution is 5.77. The molecule has 0 aromatic carbocycles. The Morgan fingerprint density at radius 1 is 1.40 bits per heavy atom. The van der Waals surface area contributed by atoms with Gasteiger partial charge in [0.2, 0.25) is 5.91 Å². The number of carboxylic acids is 1. The van der Waals surface area contributed by atoms with Crippen molar-refractivity contribution in [3.63, 3.8) is 0 Å². The number of likely N-dealkylation sites (N-methyl/N-ethyl adjacent to an activating group) is 1. The van der Waals surface area contributed by atoms with Crippen LogP contribution in [-0.2, 0) is 9.59 Å². The van der Waals surface area contributed by atoms with E-state index in [1.807, 2.05) is 6.92 Å². The summed E-state index contributed by atoms with van der Waals surface area (Å²) < 4.78 is 0. The number of nitrogens with zero attached hydrogens (tertiary/aromatic N) is 1. The van der Waals surface area contributed by atoms with Crippen molar-refractivity contribution in [3.8, 4) is 0 Å². The Labute approximate surface area is 90.6 Å². The lowest BCUT2D eigenvalue weighted by Crippen LogP contribution is -2.29. The lowest BCUT2D eigenvalue weighted by atomic mass is 10.0. The second kappa shape index (κ2) is 6.22. The van der Waals surface area contributed by atoms with E-state index in [-0.39, 0.29) is 24.7 Å². The van der Waals surface area contributed by atoms with Gasteiger partial charge in [0.15, 0.2) is 0 Å². The average molecular weight is 213 g/mol. The van der Waals surface area contributed by atoms with E-state index in [0.29, 0.717) is 6.54 Å². The van der Waals surface area contributed by atoms with Gasteiger partial charge in [-0.2, -0.15) is 0 Å². The maximum absolute atomic E-state index is 11.6. The summed E-state index contributed by atoms with van der Waals surface area (Å²) >= 11 is 0. The predicted molar refractivity (Wildman–Crippen MR) is 58.5 cm³/mol. The van der Waals surface area contributed by atoms with E-state index < -0.39 is 5.97 Å². The van der Waals surface area contributed by atoms with Crippen molar-refractivity contribution in [2.24, 2.45) is 5.92 Å². The van der Waals surface area contributed by atoms with E-state index in [1.54, 1.807) is 18.9 Å². The van der Waals surface area contributed by atoms with Crippen LogP contribution in [0.25, 0.3) is 0 Å². The van der Waals surface area contributed by atoms with Crippen LogP contribution in [0.1, 0.15) is 26.7 Å². The van der Waals surface area contributed by atoms with Gasteiger partial charge in [-0.25, -0.2) is 0 Å². The fourth-order valence-electron chi connectivity index (χ4n) is 1.32. The molecular formula is C11H19NO3. The van der Waals surface area contributed by atoms with Gasteiger partial charge in [0.1, 0.15) is 0 Å². The molecule has 0 heterocycles. The van der Waals surface area contributed by atoms with Gasteiger partial charge < -0.3 is 10.0 Å². The molecule has 0 fully saturated rings. The molecule has 4 nitrogen and oxygen atoms in total. The van der Waals surface area contributed by atoms with Gasteiger partial charge in [-0.15, -0.1) is 0 Å². The van der Waals surface area contributed by atoms with Gasteiger partial charge in [-0.05, 0) is 12.8 Å². The van der Waals surface area contributed by atoms with Crippen molar-refractivity contribution < 1.29 is 14.7 Å². The zero-order valence-corrected chi connectivity index (χ0v) is 9.62. The van der Waals surface area contributed by atoms with Gasteiger partial charge in [-0.1, -0.05) is 19.1 Å². The predicted octanol–water partition coefficient (Wildman–Crippen LogP) is 1.52. The molecule has 1 N–H and O–H groups in total. The minimum atomic E-state index is -0.863. The van der Waals surface area contributed by atoms with Crippen LogP contribution in [0.3, 0.4) is 0 Å².